The minimum Gasteiger partial charge on any atom is -0.372 e. The van der Waals surface area contributed by atoms with Crippen LogP contribution in [0.2, 0.25) is 0 Å². The second kappa shape index (κ2) is 7.34. The smallest absolute Gasteiger partial charge is 0.256 e. The minimum absolute atomic E-state index is 0.0539. The molecule has 3 aromatic heterocycles. The quantitative estimate of drug-likeness (QED) is 0.672. The van der Waals surface area contributed by atoms with Gasteiger partial charge in [0.05, 0.1) is 35.0 Å². The molecule has 1 saturated carbocycles. The molecule has 152 valence electrons. The molecule has 6 heteroatoms. The van der Waals surface area contributed by atoms with Crippen LogP contribution in [0.4, 0.5) is 0 Å². The minimum atomic E-state index is 0.0539. The summed E-state index contributed by atoms with van der Waals surface area (Å²) in [6.45, 7) is 5.29. The maximum atomic E-state index is 13.4. The third kappa shape index (κ3) is 3.35. The van der Waals surface area contributed by atoms with Crippen LogP contribution < -0.4 is 0 Å². The van der Waals surface area contributed by atoms with Crippen LogP contribution in [0.5, 0.6) is 0 Å². The van der Waals surface area contributed by atoms with Crippen molar-refractivity contribution in [2.75, 3.05) is 13.1 Å². The highest BCUT2D eigenvalue weighted by molar-refractivity contribution is 6.02. The maximum absolute atomic E-state index is 13.4. The highest BCUT2D eigenvalue weighted by atomic mass is 16.5. The molecule has 0 radical (unpaired) electrons. The van der Waals surface area contributed by atoms with Crippen LogP contribution in [0, 0.1) is 0 Å². The zero-order chi connectivity index (χ0) is 20.0. The van der Waals surface area contributed by atoms with Crippen molar-refractivity contribution in [2.45, 2.75) is 57.8 Å². The standard InChI is InChI=1S/C23H28N4O2/c1-16-14-25(15-17(2)29-16)23(28)19-13-22(26-11-6-5-9-21(19)26)20-10-12-27(24-20)18-7-3-4-8-18/h5-6,9-13,16-18H,3-4,7-8,14-15H2,1-2H3. The number of amides is 1. The lowest BCUT2D eigenvalue weighted by Crippen LogP contribution is -2.48. The van der Waals surface area contributed by atoms with Gasteiger partial charge in [-0.15, -0.1) is 0 Å². The predicted octanol–water partition coefficient (Wildman–Crippen LogP) is 4.17. The van der Waals surface area contributed by atoms with E-state index in [4.69, 9.17) is 9.84 Å². The Bertz CT molecular complexity index is 1020. The molecule has 0 N–H and O–H groups in total. The number of aromatic nitrogens is 3. The van der Waals surface area contributed by atoms with Gasteiger partial charge in [-0.05, 0) is 51.0 Å². The first-order valence-corrected chi connectivity index (χ1v) is 10.7. The van der Waals surface area contributed by atoms with Crippen LogP contribution in [0.25, 0.3) is 16.9 Å². The van der Waals surface area contributed by atoms with E-state index in [1.54, 1.807) is 0 Å². The molecule has 1 amide bonds. The van der Waals surface area contributed by atoms with Gasteiger partial charge < -0.3 is 14.0 Å². The molecule has 2 atom stereocenters. The summed E-state index contributed by atoms with van der Waals surface area (Å²) in [5.74, 6) is 0.0668. The molecule has 1 saturated heterocycles. The molecule has 0 spiro atoms. The van der Waals surface area contributed by atoms with Crippen molar-refractivity contribution >= 4 is 11.4 Å². The summed E-state index contributed by atoms with van der Waals surface area (Å²) >= 11 is 0. The van der Waals surface area contributed by atoms with Gasteiger partial charge in [0.15, 0.2) is 0 Å². The summed E-state index contributed by atoms with van der Waals surface area (Å²) < 4.78 is 10.00. The lowest BCUT2D eigenvalue weighted by molar-refractivity contribution is -0.0585. The van der Waals surface area contributed by atoms with Crippen molar-refractivity contribution in [3.8, 4) is 11.4 Å². The van der Waals surface area contributed by atoms with Gasteiger partial charge in [-0.25, -0.2) is 0 Å². The number of morpholine rings is 1. The second-order valence-electron chi connectivity index (χ2n) is 8.49. The average molecular weight is 393 g/mol. The molecule has 3 aromatic rings. The average Bonchev–Trinajstić information content (AvgIpc) is 3.45. The van der Waals surface area contributed by atoms with Crippen LogP contribution in [-0.4, -0.2) is 50.3 Å². The molecule has 2 aliphatic rings. The fraction of sp³-hybridized carbons (Fsp3) is 0.478. The number of hydrogen-bond donors (Lipinski definition) is 0. The molecule has 0 aromatic carbocycles. The van der Waals surface area contributed by atoms with Gasteiger partial charge in [0.1, 0.15) is 5.69 Å². The van der Waals surface area contributed by atoms with E-state index in [1.807, 2.05) is 49.2 Å². The molecule has 1 aliphatic carbocycles. The van der Waals surface area contributed by atoms with E-state index in [0.717, 1.165) is 22.5 Å². The van der Waals surface area contributed by atoms with Gasteiger partial charge in [-0.2, -0.15) is 5.10 Å². The van der Waals surface area contributed by atoms with Crippen molar-refractivity contribution in [3.05, 3.63) is 48.3 Å². The van der Waals surface area contributed by atoms with Gasteiger partial charge in [0.25, 0.3) is 5.91 Å². The largest absolute Gasteiger partial charge is 0.372 e. The van der Waals surface area contributed by atoms with E-state index in [9.17, 15) is 4.79 Å². The van der Waals surface area contributed by atoms with Gasteiger partial charge in [0.2, 0.25) is 0 Å². The summed E-state index contributed by atoms with van der Waals surface area (Å²) in [6.07, 6.45) is 9.17. The van der Waals surface area contributed by atoms with E-state index < -0.39 is 0 Å². The van der Waals surface area contributed by atoms with E-state index in [0.29, 0.717) is 19.1 Å². The van der Waals surface area contributed by atoms with Crippen LogP contribution in [0.3, 0.4) is 0 Å². The van der Waals surface area contributed by atoms with Crippen molar-refractivity contribution in [2.24, 2.45) is 0 Å². The Morgan fingerprint density at radius 2 is 1.83 bits per heavy atom. The SMILES string of the molecule is CC1CN(C(=O)c2cc(-c3ccn(C4CCCC4)n3)n3ccccc23)CC(C)O1. The third-order valence-corrected chi connectivity index (χ3v) is 6.18. The number of hydrogen-bond acceptors (Lipinski definition) is 3. The first-order chi connectivity index (χ1) is 14.1. The Hall–Kier alpha value is -2.60. The Balaban J connectivity index is 1.52. The molecule has 1 aliphatic heterocycles. The monoisotopic (exact) mass is 392 g/mol. The van der Waals surface area contributed by atoms with E-state index >= 15 is 0 Å². The van der Waals surface area contributed by atoms with Crippen molar-refractivity contribution < 1.29 is 9.53 Å². The Labute approximate surface area is 171 Å². The van der Waals surface area contributed by atoms with Crippen LogP contribution >= 0.6 is 0 Å². The first-order valence-electron chi connectivity index (χ1n) is 10.7. The Morgan fingerprint density at radius 3 is 2.59 bits per heavy atom. The lowest BCUT2D eigenvalue weighted by atomic mass is 10.1. The highest BCUT2D eigenvalue weighted by Crippen LogP contribution is 2.31. The van der Waals surface area contributed by atoms with Crippen molar-refractivity contribution in [1.82, 2.24) is 19.1 Å². The van der Waals surface area contributed by atoms with Gasteiger partial charge >= 0.3 is 0 Å². The van der Waals surface area contributed by atoms with E-state index in [1.165, 1.54) is 25.7 Å². The molecule has 6 nitrogen and oxygen atoms in total. The summed E-state index contributed by atoms with van der Waals surface area (Å²) in [5, 5.41) is 4.87. The Morgan fingerprint density at radius 1 is 1.07 bits per heavy atom. The van der Waals surface area contributed by atoms with Gasteiger partial charge in [-0.3, -0.25) is 9.48 Å². The molecule has 0 bridgehead atoms. The molecule has 2 fully saturated rings. The van der Waals surface area contributed by atoms with Crippen LogP contribution in [0.1, 0.15) is 55.9 Å². The first kappa shape index (κ1) is 18.4. The zero-order valence-electron chi connectivity index (χ0n) is 17.1. The number of rotatable bonds is 3. The number of carbonyl (C=O) groups is 1. The molecular weight excluding hydrogens is 364 g/mol. The number of ether oxygens (including phenoxy) is 1. The molecular formula is C23H28N4O2. The zero-order valence-corrected chi connectivity index (χ0v) is 17.1. The molecule has 2 unspecified atom stereocenters. The highest BCUT2D eigenvalue weighted by Gasteiger charge is 2.29. The molecule has 29 heavy (non-hydrogen) atoms. The number of carbonyl (C=O) groups excluding carboxylic acids is 1. The fourth-order valence-electron chi connectivity index (χ4n) is 4.88. The predicted molar refractivity (Wildman–Crippen MR) is 112 cm³/mol. The maximum Gasteiger partial charge on any atom is 0.256 e. The second-order valence-corrected chi connectivity index (χ2v) is 8.49. The van der Waals surface area contributed by atoms with Crippen molar-refractivity contribution in [3.63, 3.8) is 0 Å². The third-order valence-electron chi connectivity index (χ3n) is 6.18. The number of nitrogens with zero attached hydrogens (tertiary/aromatic N) is 4. The number of pyridine rings is 1. The van der Waals surface area contributed by atoms with Crippen LogP contribution in [0.15, 0.2) is 42.7 Å². The fourth-order valence-corrected chi connectivity index (χ4v) is 4.88. The van der Waals surface area contributed by atoms with E-state index in [-0.39, 0.29) is 18.1 Å². The number of fused-ring (bicyclic) bond motifs is 1. The molecule has 4 heterocycles. The van der Waals surface area contributed by atoms with E-state index in [2.05, 4.69) is 21.3 Å². The topological polar surface area (TPSA) is 51.8 Å². The summed E-state index contributed by atoms with van der Waals surface area (Å²) in [7, 11) is 0. The van der Waals surface area contributed by atoms with Gasteiger partial charge in [0, 0.05) is 25.5 Å². The van der Waals surface area contributed by atoms with Gasteiger partial charge in [-0.1, -0.05) is 18.9 Å². The normalized spacial score (nSPS) is 23.2. The Kier molecular flexibility index (Phi) is 4.66. The van der Waals surface area contributed by atoms with Crippen molar-refractivity contribution in [1.29, 1.82) is 0 Å². The summed E-state index contributed by atoms with van der Waals surface area (Å²) in [4.78, 5) is 15.3. The van der Waals surface area contributed by atoms with Crippen LogP contribution in [-0.2, 0) is 4.74 Å². The summed E-state index contributed by atoms with van der Waals surface area (Å²) in [5.41, 5.74) is 3.54. The molecule has 5 rings (SSSR count). The summed E-state index contributed by atoms with van der Waals surface area (Å²) in [6, 6.07) is 10.6. The lowest BCUT2D eigenvalue weighted by Gasteiger charge is -2.35.